The lowest BCUT2D eigenvalue weighted by Crippen LogP contribution is -2.38. The van der Waals surface area contributed by atoms with Gasteiger partial charge in [0.25, 0.3) is 6.43 Å². The number of carboxylic acids is 1. The van der Waals surface area contributed by atoms with E-state index in [4.69, 9.17) is 0 Å². The maximum atomic E-state index is 12.7. The minimum atomic E-state index is -2.52. The number of halogens is 2. The molecule has 8 heterocycles. The SMILES string of the molecule is CN(CC(F)F)C(=O)[C@H]1CCc2c(sc3ncnc(Nc4ccn5nccc5c4)c23)C1.O=C(O)[C@H]1CCc2c(sc3ncnc(Nc4ccn5nccc5c4)c23)C1. The second-order valence-corrected chi connectivity index (χ2v) is 16.3. The molecule has 14 nitrogen and oxygen atoms in total. The van der Waals surface area contributed by atoms with E-state index in [0.29, 0.717) is 32.1 Å². The fraction of sp³-hybridized carbons (Fsp3) is 0.282. The van der Waals surface area contributed by atoms with E-state index in [1.807, 2.05) is 48.8 Å². The Hall–Kier alpha value is -6.14. The smallest absolute Gasteiger partial charge is 0.306 e. The molecule has 18 heteroatoms. The lowest BCUT2D eigenvalue weighted by Gasteiger charge is -2.26. The summed E-state index contributed by atoms with van der Waals surface area (Å²) in [5, 5.41) is 26.5. The number of rotatable bonds is 8. The molecule has 0 saturated heterocycles. The van der Waals surface area contributed by atoms with E-state index in [1.54, 1.807) is 50.4 Å². The van der Waals surface area contributed by atoms with E-state index in [1.165, 1.54) is 18.9 Å². The van der Waals surface area contributed by atoms with Crippen LogP contribution in [-0.2, 0) is 35.3 Å². The highest BCUT2D eigenvalue weighted by molar-refractivity contribution is 7.19. The van der Waals surface area contributed by atoms with Crippen LogP contribution in [0.3, 0.4) is 0 Å². The van der Waals surface area contributed by atoms with Crippen LogP contribution in [-0.4, -0.2) is 81.1 Å². The van der Waals surface area contributed by atoms with Gasteiger partial charge in [0, 0.05) is 58.9 Å². The van der Waals surface area contributed by atoms with Crippen molar-refractivity contribution in [1.29, 1.82) is 0 Å². The molecular formula is C39H35F2N11O3S2. The Labute approximate surface area is 331 Å². The van der Waals surface area contributed by atoms with Crippen LogP contribution >= 0.6 is 22.7 Å². The van der Waals surface area contributed by atoms with Gasteiger partial charge in [-0.1, -0.05) is 0 Å². The minimum absolute atomic E-state index is 0.220. The normalized spacial score (nSPS) is 16.4. The van der Waals surface area contributed by atoms with E-state index in [0.717, 1.165) is 81.1 Å². The van der Waals surface area contributed by atoms with Crippen LogP contribution in [0.4, 0.5) is 31.8 Å². The summed E-state index contributed by atoms with van der Waals surface area (Å²) in [5.74, 6) is -0.0214. The average molecular weight is 808 g/mol. The molecule has 0 aromatic carbocycles. The zero-order chi connectivity index (χ0) is 39.2. The lowest BCUT2D eigenvalue weighted by molar-refractivity contribution is -0.142. The second-order valence-electron chi connectivity index (χ2n) is 14.1. The molecule has 0 aliphatic heterocycles. The Kier molecular flexibility index (Phi) is 9.65. The topological polar surface area (TPSA) is 168 Å². The second kappa shape index (κ2) is 15.1. The summed E-state index contributed by atoms with van der Waals surface area (Å²) in [6, 6.07) is 11.8. The molecule has 0 radical (unpaired) electrons. The molecule has 2 aliphatic carbocycles. The standard InChI is InChI=1S/C21H20F2N6OS.C18H15N5O2S/c1-28(10-17(22)23)21(30)12-2-3-15-16(8-12)31-20-18(15)19(24-11-25-20)27-13-5-7-29-14(9-13)4-6-26-29;24-18(25)10-1-2-13-14(7-10)26-17-15(13)16(19-9-20-17)22-11-4-6-23-12(8-11)3-5-21-23/h4-7,9,11-12,17H,2-3,8,10H2,1H3,(H,24,25,27);3-6,8-10H,1-2,7H2,(H,24,25)(H,19,20,22)/t12-;10-/m00/s1. The van der Waals surface area contributed by atoms with Crippen molar-refractivity contribution in [1.82, 2.24) is 44.1 Å². The van der Waals surface area contributed by atoms with E-state index in [9.17, 15) is 23.5 Å². The van der Waals surface area contributed by atoms with E-state index < -0.39 is 18.9 Å². The van der Waals surface area contributed by atoms with Gasteiger partial charge in [-0.05, 0) is 86.1 Å². The summed E-state index contributed by atoms with van der Waals surface area (Å²) in [6.07, 6.45) is 11.7. The van der Waals surface area contributed by atoms with Crippen LogP contribution in [0.25, 0.3) is 31.5 Å². The van der Waals surface area contributed by atoms with Crippen LogP contribution in [0, 0.1) is 11.8 Å². The van der Waals surface area contributed by atoms with Gasteiger partial charge in [0.05, 0.1) is 34.3 Å². The summed E-state index contributed by atoms with van der Waals surface area (Å²) in [7, 11) is 1.44. The number of aliphatic carboxylic acids is 1. The van der Waals surface area contributed by atoms with E-state index in [-0.39, 0.29) is 17.7 Å². The number of aryl methyl sites for hydroxylation is 2. The van der Waals surface area contributed by atoms with Crippen LogP contribution in [0.15, 0.2) is 73.8 Å². The van der Waals surface area contributed by atoms with Crippen molar-refractivity contribution in [3.05, 3.63) is 94.7 Å². The summed E-state index contributed by atoms with van der Waals surface area (Å²) in [6.45, 7) is -0.532. The van der Waals surface area contributed by atoms with Crippen molar-refractivity contribution in [2.45, 2.75) is 45.0 Å². The molecule has 290 valence electrons. The number of aromatic nitrogens is 8. The number of carbonyl (C=O) groups excluding carboxylic acids is 1. The highest BCUT2D eigenvalue weighted by atomic mass is 32.1. The van der Waals surface area contributed by atoms with E-state index >= 15 is 0 Å². The number of anilines is 4. The minimum Gasteiger partial charge on any atom is -0.481 e. The molecule has 57 heavy (non-hydrogen) atoms. The van der Waals surface area contributed by atoms with Crippen molar-refractivity contribution in [3.8, 4) is 0 Å². The van der Waals surface area contributed by atoms with Gasteiger partial charge in [-0.2, -0.15) is 10.2 Å². The first kappa shape index (κ1) is 36.5. The van der Waals surface area contributed by atoms with Crippen molar-refractivity contribution < 1.29 is 23.5 Å². The number of nitrogens with one attached hydrogen (secondary N) is 2. The number of hydrogen-bond donors (Lipinski definition) is 3. The van der Waals surface area contributed by atoms with Gasteiger partial charge in [-0.3, -0.25) is 9.59 Å². The van der Waals surface area contributed by atoms with Crippen LogP contribution in [0.2, 0.25) is 0 Å². The summed E-state index contributed by atoms with van der Waals surface area (Å²) in [4.78, 5) is 46.8. The summed E-state index contributed by atoms with van der Waals surface area (Å²) in [5.41, 5.74) is 6.13. The van der Waals surface area contributed by atoms with Crippen LogP contribution in [0.5, 0.6) is 0 Å². The quantitative estimate of drug-likeness (QED) is 0.142. The molecule has 1 amide bonds. The molecule has 3 N–H and O–H groups in total. The summed E-state index contributed by atoms with van der Waals surface area (Å²) < 4.78 is 28.9. The van der Waals surface area contributed by atoms with Gasteiger partial charge in [-0.25, -0.2) is 37.7 Å². The highest BCUT2D eigenvalue weighted by Crippen LogP contribution is 2.42. The van der Waals surface area contributed by atoms with Gasteiger partial charge in [0.1, 0.15) is 34.0 Å². The third-order valence-electron chi connectivity index (χ3n) is 10.5. The first-order valence-corrected chi connectivity index (χ1v) is 20.0. The fourth-order valence-electron chi connectivity index (χ4n) is 7.71. The molecule has 0 bridgehead atoms. The number of pyridine rings is 2. The van der Waals surface area contributed by atoms with Crippen molar-refractivity contribution in [2.75, 3.05) is 24.2 Å². The third kappa shape index (κ3) is 7.21. The first-order chi connectivity index (χ1) is 27.7. The third-order valence-corrected chi connectivity index (χ3v) is 12.8. The van der Waals surface area contributed by atoms with Gasteiger partial charge in [0.15, 0.2) is 0 Å². The number of thiophene rings is 2. The number of hydrogen-bond acceptors (Lipinski definition) is 12. The van der Waals surface area contributed by atoms with Crippen LogP contribution < -0.4 is 10.6 Å². The van der Waals surface area contributed by atoms with Crippen molar-refractivity contribution in [3.63, 3.8) is 0 Å². The Morgan fingerprint density at radius 3 is 1.82 bits per heavy atom. The lowest BCUT2D eigenvalue weighted by atomic mass is 9.87. The number of nitrogens with zero attached hydrogens (tertiary/aromatic N) is 9. The maximum absolute atomic E-state index is 12.7. The molecule has 8 aromatic heterocycles. The zero-order valence-corrected chi connectivity index (χ0v) is 32.1. The molecule has 0 unspecified atom stereocenters. The Balaban J connectivity index is 0.000000150. The molecule has 2 aliphatic rings. The average Bonchev–Trinajstić information content (AvgIpc) is 4.01. The van der Waals surface area contributed by atoms with Crippen molar-refractivity contribution in [2.24, 2.45) is 11.8 Å². The van der Waals surface area contributed by atoms with E-state index in [2.05, 4.69) is 40.8 Å². The van der Waals surface area contributed by atoms with Gasteiger partial charge >= 0.3 is 5.97 Å². The largest absolute Gasteiger partial charge is 0.481 e. The Morgan fingerprint density at radius 1 is 0.807 bits per heavy atom. The molecule has 0 saturated carbocycles. The number of fused-ring (bicyclic) bond motifs is 8. The molecule has 8 aromatic rings. The monoisotopic (exact) mass is 807 g/mol. The molecule has 2 atom stereocenters. The number of carbonyl (C=O) groups is 2. The van der Waals surface area contributed by atoms with Gasteiger partial charge in [0.2, 0.25) is 5.91 Å². The summed E-state index contributed by atoms with van der Waals surface area (Å²) >= 11 is 3.13. The fourth-order valence-corrected chi connectivity index (χ4v) is 10.2. The molecular weight excluding hydrogens is 773 g/mol. The first-order valence-electron chi connectivity index (χ1n) is 18.4. The zero-order valence-electron chi connectivity index (χ0n) is 30.5. The molecule has 10 rings (SSSR count). The molecule has 0 fully saturated rings. The maximum Gasteiger partial charge on any atom is 0.306 e. The van der Waals surface area contributed by atoms with Crippen molar-refractivity contribution >= 4 is 89.0 Å². The molecule has 0 spiro atoms. The number of carboxylic acid groups (broad SMARTS) is 1. The van der Waals surface area contributed by atoms with Gasteiger partial charge < -0.3 is 20.6 Å². The predicted molar refractivity (Wildman–Crippen MR) is 214 cm³/mol. The van der Waals surface area contributed by atoms with Gasteiger partial charge in [-0.15, -0.1) is 22.7 Å². The predicted octanol–water partition coefficient (Wildman–Crippen LogP) is 7.18. The number of amides is 1. The highest BCUT2D eigenvalue weighted by Gasteiger charge is 2.32. The number of alkyl halides is 2. The Bertz CT molecular complexity index is 2800. The van der Waals surface area contributed by atoms with Crippen LogP contribution in [0.1, 0.15) is 33.7 Å². The Morgan fingerprint density at radius 2 is 1.32 bits per heavy atom.